The lowest BCUT2D eigenvalue weighted by Gasteiger charge is -2.09. The number of nitrogens with zero attached hydrogens (tertiary/aromatic N) is 1. The zero-order chi connectivity index (χ0) is 22.0. The molecule has 0 aliphatic carbocycles. The first-order valence-corrected chi connectivity index (χ1v) is 9.89. The average Bonchev–Trinajstić information content (AvgIpc) is 3.20. The van der Waals surface area contributed by atoms with Gasteiger partial charge in [-0.15, -0.1) is 11.3 Å². The smallest absolute Gasteiger partial charge is 0.420 e. The zero-order valence-corrected chi connectivity index (χ0v) is 16.5. The van der Waals surface area contributed by atoms with E-state index in [2.05, 4.69) is 10.3 Å². The van der Waals surface area contributed by atoms with E-state index < -0.39 is 29.6 Å². The molecule has 0 saturated heterocycles. The van der Waals surface area contributed by atoms with Crippen molar-refractivity contribution in [3.05, 3.63) is 69.9 Å². The van der Waals surface area contributed by atoms with Crippen molar-refractivity contribution >= 4 is 33.1 Å². The molecular weight excluding hydrogens is 436 g/mol. The number of anilines is 2. The monoisotopic (exact) mass is 450 g/mol. The number of alkyl halides is 4. The molecule has 0 atom stereocenters. The van der Waals surface area contributed by atoms with Gasteiger partial charge in [0.25, 0.3) is 0 Å². The first kappa shape index (κ1) is 20.9. The number of thiazole rings is 1. The fraction of sp³-hybridized carbons (Fsp3) is 0.143. The molecule has 4 aromatic rings. The summed E-state index contributed by atoms with van der Waals surface area (Å²) in [5.41, 5.74) is -1.39. The first-order valence-electron chi connectivity index (χ1n) is 9.01. The quantitative estimate of drug-likeness (QED) is 0.287. The maximum atomic E-state index is 13.2. The van der Waals surface area contributed by atoms with Crippen molar-refractivity contribution in [2.75, 3.05) is 18.6 Å². The molecule has 2 aromatic heterocycles. The Morgan fingerprint density at radius 2 is 1.90 bits per heavy atom. The molecule has 0 saturated carbocycles. The number of benzene rings is 2. The number of aromatic nitrogens is 1. The van der Waals surface area contributed by atoms with Gasteiger partial charge in [0.05, 0.1) is 16.8 Å². The lowest BCUT2D eigenvalue weighted by molar-refractivity contribution is -0.136. The summed E-state index contributed by atoms with van der Waals surface area (Å²) >= 11 is 1.22. The summed E-state index contributed by atoms with van der Waals surface area (Å²) in [6, 6.07) is 11.7. The number of hydrogen-bond donors (Lipinski definition) is 1. The number of halogens is 4. The van der Waals surface area contributed by atoms with Gasteiger partial charge >= 0.3 is 11.8 Å². The van der Waals surface area contributed by atoms with Gasteiger partial charge in [-0.25, -0.2) is 14.2 Å². The number of fused-ring (bicyclic) bond motifs is 1. The average molecular weight is 450 g/mol. The molecule has 0 radical (unpaired) electrons. The third-order valence-corrected chi connectivity index (χ3v) is 5.05. The van der Waals surface area contributed by atoms with E-state index in [0.29, 0.717) is 16.6 Å². The third kappa shape index (κ3) is 4.53. The van der Waals surface area contributed by atoms with Gasteiger partial charge in [-0.05, 0) is 36.4 Å². The molecule has 0 aliphatic heterocycles. The van der Waals surface area contributed by atoms with Crippen LogP contribution in [0.1, 0.15) is 5.56 Å². The summed E-state index contributed by atoms with van der Waals surface area (Å²) in [4.78, 5) is 16.7. The van der Waals surface area contributed by atoms with Crippen molar-refractivity contribution < 1.29 is 26.7 Å². The second kappa shape index (κ2) is 8.38. The topological polar surface area (TPSA) is 64.4 Å². The van der Waals surface area contributed by atoms with Crippen LogP contribution in [0.4, 0.5) is 28.4 Å². The molecule has 2 aromatic carbocycles. The Balaban J connectivity index is 1.60. The molecule has 0 bridgehead atoms. The van der Waals surface area contributed by atoms with Crippen LogP contribution < -0.4 is 15.7 Å². The lowest BCUT2D eigenvalue weighted by atomic mass is 10.1. The number of ether oxygens (including phenoxy) is 1. The van der Waals surface area contributed by atoms with Crippen LogP contribution in [0.15, 0.2) is 63.1 Å². The Morgan fingerprint density at radius 1 is 1.13 bits per heavy atom. The van der Waals surface area contributed by atoms with Crippen LogP contribution in [-0.2, 0) is 6.18 Å². The largest absolute Gasteiger partial charge is 0.491 e. The van der Waals surface area contributed by atoms with Crippen molar-refractivity contribution in [1.29, 1.82) is 0 Å². The van der Waals surface area contributed by atoms with Crippen LogP contribution in [0.5, 0.6) is 5.75 Å². The maximum Gasteiger partial charge on any atom is 0.420 e. The molecule has 0 fully saturated rings. The van der Waals surface area contributed by atoms with E-state index in [-0.39, 0.29) is 23.3 Å². The Labute approximate surface area is 176 Å². The van der Waals surface area contributed by atoms with Crippen LogP contribution in [-0.4, -0.2) is 18.3 Å². The number of para-hydroxylation sites is 1. The van der Waals surface area contributed by atoms with E-state index in [1.807, 2.05) is 0 Å². The fourth-order valence-corrected chi connectivity index (χ4v) is 3.65. The van der Waals surface area contributed by atoms with Crippen molar-refractivity contribution in [1.82, 2.24) is 4.98 Å². The highest BCUT2D eigenvalue weighted by atomic mass is 32.1. The van der Waals surface area contributed by atoms with Gasteiger partial charge < -0.3 is 14.5 Å². The molecule has 1 N–H and O–H groups in total. The van der Waals surface area contributed by atoms with Gasteiger partial charge in [-0.1, -0.05) is 12.1 Å². The van der Waals surface area contributed by atoms with Crippen LogP contribution in [0.25, 0.3) is 22.2 Å². The molecular formula is C21H14F4N2O3S. The van der Waals surface area contributed by atoms with Crippen molar-refractivity contribution in [3.63, 3.8) is 0 Å². The molecule has 10 heteroatoms. The van der Waals surface area contributed by atoms with Gasteiger partial charge in [0.15, 0.2) is 10.7 Å². The van der Waals surface area contributed by atoms with E-state index in [0.717, 1.165) is 6.07 Å². The van der Waals surface area contributed by atoms with Crippen molar-refractivity contribution in [3.8, 4) is 17.0 Å². The SMILES string of the molecule is O=c1oc2c(C(F)(F)F)cccc2cc1-c1csc(Nc2ccc(OCCF)cc2)n1. The van der Waals surface area contributed by atoms with E-state index in [1.54, 1.807) is 29.6 Å². The minimum absolute atomic E-state index is 0.0264. The summed E-state index contributed by atoms with van der Waals surface area (Å²) in [7, 11) is 0. The minimum Gasteiger partial charge on any atom is -0.491 e. The zero-order valence-electron chi connectivity index (χ0n) is 15.7. The highest BCUT2D eigenvalue weighted by molar-refractivity contribution is 7.14. The Morgan fingerprint density at radius 3 is 2.61 bits per heavy atom. The van der Waals surface area contributed by atoms with E-state index in [9.17, 15) is 22.4 Å². The predicted octanol–water partition coefficient (Wildman–Crippen LogP) is 6.03. The standard InChI is InChI=1S/C21H14F4N2O3S/c22-8-9-29-14-6-4-13(5-7-14)26-20-27-17(11-31-20)15-10-12-2-1-3-16(21(23,24)25)18(12)30-19(15)28/h1-7,10-11H,8-9H2,(H,26,27). The first-order chi connectivity index (χ1) is 14.8. The summed E-state index contributed by atoms with van der Waals surface area (Å²) in [6.07, 6.45) is -4.64. The van der Waals surface area contributed by atoms with Crippen LogP contribution in [0.3, 0.4) is 0 Å². The molecule has 5 nitrogen and oxygen atoms in total. The normalized spacial score (nSPS) is 11.6. The van der Waals surface area contributed by atoms with Crippen LogP contribution >= 0.6 is 11.3 Å². The molecule has 31 heavy (non-hydrogen) atoms. The maximum absolute atomic E-state index is 13.2. The molecule has 160 valence electrons. The van der Waals surface area contributed by atoms with Gasteiger partial charge in [0.2, 0.25) is 0 Å². The fourth-order valence-electron chi connectivity index (χ4n) is 2.92. The Kier molecular flexibility index (Phi) is 5.64. The van der Waals surface area contributed by atoms with E-state index in [4.69, 9.17) is 9.15 Å². The predicted molar refractivity (Wildman–Crippen MR) is 110 cm³/mol. The second-order valence-electron chi connectivity index (χ2n) is 6.39. The van der Waals surface area contributed by atoms with Crippen LogP contribution in [0.2, 0.25) is 0 Å². The molecule has 2 heterocycles. The number of hydrogen-bond acceptors (Lipinski definition) is 6. The van der Waals surface area contributed by atoms with Gasteiger partial charge in [-0.3, -0.25) is 0 Å². The number of rotatable bonds is 6. The third-order valence-electron chi connectivity index (χ3n) is 4.30. The van der Waals surface area contributed by atoms with Gasteiger partial charge in [0, 0.05) is 16.5 Å². The highest BCUT2D eigenvalue weighted by Crippen LogP contribution is 2.35. The van der Waals surface area contributed by atoms with Gasteiger partial charge in [-0.2, -0.15) is 13.2 Å². The number of nitrogens with one attached hydrogen (secondary N) is 1. The molecule has 0 aliphatic rings. The Hall–Kier alpha value is -3.40. The second-order valence-corrected chi connectivity index (χ2v) is 7.25. The van der Waals surface area contributed by atoms with Gasteiger partial charge in [0.1, 0.15) is 19.0 Å². The molecule has 0 unspecified atom stereocenters. The molecule has 0 spiro atoms. The summed E-state index contributed by atoms with van der Waals surface area (Å²) in [5, 5.41) is 5.28. The Bertz CT molecular complexity index is 1270. The van der Waals surface area contributed by atoms with Crippen molar-refractivity contribution in [2.24, 2.45) is 0 Å². The molecule has 4 rings (SSSR count). The summed E-state index contributed by atoms with van der Waals surface area (Å²) < 4.78 is 61.8. The van der Waals surface area contributed by atoms with E-state index >= 15 is 0 Å². The summed E-state index contributed by atoms with van der Waals surface area (Å²) in [6.45, 7) is -0.608. The van der Waals surface area contributed by atoms with E-state index in [1.165, 1.54) is 29.5 Å². The summed E-state index contributed by atoms with van der Waals surface area (Å²) in [5.74, 6) is 0.523. The molecule has 0 amide bonds. The lowest BCUT2D eigenvalue weighted by Crippen LogP contribution is -2.09. The van der Waals surface area contributed by atoms with Crippen molar-refractivity contribution in [2.45, 2.75) is 6.18 Å². The van der Waals surface area contributed by atoms with Crippen LogP contribution in [0, 0.1) is 0 Å². The minimum atomic E-state index is -4.64. The highest BCUT2D eigenvalue weighted by Gasteiger charge is 2.34.